The highest BCUT2D eigenvalue weighted by Gasteiger charge is 2.25. The normalized spacial score (nSPS) is 11.2. The number of aliphatic hydroxyl groups excluding tert-OH is 2. The molecule has 0 bridgehead atoms. The van der Waals surface area contributed by atoms with Crippen LogP contribution >= 0.6 is 0 Å². The van der Waals surface area contributed by atoms with E-state index in [2.05, 4.69) is 32.2 Å². The Labute approximate surface area is 288 Å². The summed E-state index contributed by atoms with van der Waals surface area (Å²) in [6.45, 7) is 6.74. The number of rotatable bonds is 17. The maximum atomic E-state index is 12.5. The Morgan fingerprint density at radius 2 is 1.28 bits per heavy atom. The van der Waals surface area contributed by atoms with Crippen LogP contribution in [0.5, 0.6) is 11.5 Å². The molecule has 0 radical (unpaired) electrons. The molecule has 0 amide bonds. The summed E-state index contributed by atoms with van der Waals surface area (Å²) in [6.07, 6.45) is -2.98. The van der Waals surface area contributed by atoms with Crippen molar-refractivity contribution in [2.45, 2.75) is 45.2 Å². The van der Waals surface area contributed by atoms with Gasteiger partial charge in [0.25, 0.3) is 0 Å². The van der Waals surface area contributed by atoms with Crippen LogP contribution in [0.1, 0.15) is 37.3 Å². The number of aliphatic hydroxyl groups is 2. The number of benzene rings is 4. The van der Waals surface area contributed by atoms with Crippen molar-refractivity contribution in [2.75, 3.05) is 26.8 Å². The van der Waals surface area contributed by atoms with Crippen LogP contribution in [0.2, 0.25) is 0 Å². The van der Waals surface area contributed by atoms with Gasteiger partial charge in [0.05, 0.1) is 24.4 Å². The van der Waals surface area contributed by atoms with Crippen molar-refractivity contribution in [3.63, 3.8) is 0 Å². The van der Waals surface area contributed by atoms with Gasteiger partial charge in [-0.1, -0.05) is 74.7 Å². The number of carbonyl (C=O) groups is 2. The maximum Gasteiger partial charge on any atom is 0.389 e. The highest BCUT2D eigenvalue weighted by Crippen LogP contribution is 2.36. The third-order valence-corrected chi connectivity index (χ3v) is 7.92. The Morgan fingerprint density at radius 1 is 0.700 bits per heavy atom. The van der Waals surface area contributed by atoms with E-state index in [-0.39, 0.29) is 29.1 Å². The Bertz CT molecular complexity index is 1850. The van der Waals surface area contributed by atoms with E-state index in [4.69, 9.17) is 29.2 Å². The van der Waals surface area contributed by atoms with Crippen LogP contribution in [0.15, 0.2) is 97.1 Å². The molecule has 0 spiro atoms. The Hall–Kier alpha value is -5.13. The molecule has 8 nitrogen and oxygen atoms in total. The summed E-state index contributed by atoms with van der Waals surface area (Å²) in [5.41, 5.74) is 5.51. The van der Waals surface area contributed by atoms with Crippen molar-refractivity contribution < 1.29 is 51.9 Å². The zero-order valence-electron chi connectivity index (χ0n) is 27.7. The number of hydrogen-bond donors (Lipinski definition) is 2. The summed E-state index contributed by atoms with van der Waals surface area (Å²) in [5.74, 6) is -1.30. The molecule has 0 fully saturated rings. The summed E-state index contributed by atoms with van der Waals surface area (Å²) < 4.78 is 58.7. The highest BCUT2D eigenvalue weighted by atomic mass is 19.4. The minimum absolute atomic E-state index is 0.111. The molecule has 0 saturated carbocycles. The second-order valence-corrected chi connectivity index (χ2v) is 11.5. The number of alkyl halides is 3. The van der Waals surface area contributed by atoms with E-state index in [0.29, 0.717) is 12.8 Å². The fourth-order valence-electron chi connectivity index (χ4n) is 5.17. The zero-order chi connectivity index (χ0) is 36.3. The van der Waals surface area contributed by atoms with Gasteiger partial charge in [0.15, 0.2) is 11.5 Å². The Morgan fingerprint density at radius 3 is 1.92 bits per heavy atom. The van der Waals surface area contributed by atoms with Crippen molar-refractivity contribution in [1.82, 2.24) is 0 Å². The Balaban J connectivity index is 1.54. The van der Waals surface area contributed by atoms with E-state index in [1.165, 1.54) is 0 Å². The summed E-state index contributed by atoms with van der Waals surface area (Å²) in [5, 5.41) is 20.2. The van der Waals surface area contributed by atoms with E-state index in [0.717, 1.165) is 50.6 Å². The second-order valence-electron chi connectivity index (χ2n) is 11.5. The van der Waals surface area contributed by atoms with Gasteiger partial charge in [0.1, 0.15) is 0 Å². The van der Waals surface area contributed by atoms with Crippen LogP contribution < -0.4 is 9.47 Å². The summed E-state index contributed by atoms with van der Waals surface area (Å²) in [4.78, 5) is 23.8. The van der Waals surface area contributed by atoms with Gasteiger partial charge in [-0.3, -0.25) is 0 Å². The van der Waals surface area contributed by atoms with Crippen LogP contribution in [0, 0.1) is 0 Å². The zero-order valence-corrected chi connectivity index (χ0v) is 27.7. The minimum atomic E-state index is -4.13. The van der Waals surface area contributed by atoms with E-state index in [1.54, 1.807) is 18.2 Å². The SMILES string of the molecule is C=C(CO)C(=O)OCOc1ccc(-c2ccc(-c3ccc4cc(CCCCC(F)(F)F)ccc4c3)c(CC)c2)cc1OCOC(=O)C(=C)CO. The van der Waals surface area contributed by atoms with Crippen molar-refractivity contribution >= 4 is 22.7 Å². The first kappa shape index (κ1) is 37.7. The fraction of sp³-hybridized carbons (Fsp3) is 0.282. The van der Waals surface area contributed by atoms with E-state index < -0.39 is 51.3 Å². The van der Waals surface area contributed by atoms with E-state index in [1.807, 2.05) is 42.5 Å². The molecule has 0 aromatic heterocycles. The predicted molar refractivity (Wildman–Crippen MR) is 183 cm³/mol. The molecule has 4 rings (SSSR count). The standard InChI is InChI=1S/C39H39F3O8/c1-4-28-18-31(12-14-34(28)33-11-10-29-17-27(8-9-30(29)19-33)7-5-6-16-39(40,41)42)32-13-15-35(47-23-49-37(45)25(2)21-43)36(20-32)48-24-50-38(46)26(3)22-44/h8-15,17-20,43-44H,2-7,16,21-24H2,1H3. The van der Waals surface area contributed by atoms with Gasteiger partial charge in [0, 0.05) is 6.42 Å². The highest BCUT2D eigenvalue weighted by molar-refractivity contribution is 5.89. The number of halogens is 3. The number of ether oxygens (including phenoxy) is 4. The van der Waals surface area contributed by atoms with Crippen molar-refractivity contribution in [3.8, 4) is 33.8 Å². The molecule has 0 atom stereocenters. The topological polar surface area (TPSA) is 112 Å². The van der Waals surface area contributed by atoms with Gasteiger partial charge in [-0.25, -0.2) is 9.59 Å². The third-order valence-electron chi connectivity index (χ3n) is 7.92. The Kier molecular flexibility index (Phi) is 13.2. The first-order valence-electron chi connectivity index (χ1n) is 16.0. The lowest BCUT2D eigenvalue weighted by Crippen LogP contribution is -2.15. The predicted octanol–water partition coefficient (Wildman–Crippen LogP) is 7.87. The van der Waals surface area contributed by atoms with Crippen molar-refractivity contribution in [1.29, 1.82) is 0 Å². The van der Waals surface area contributed by atoms with Gasteiger partial charge < -0.3 is 29.2 Å². The molecule has 0 heterocycles. The van der Waals surface area contributed by atoms with Gasteiger partial charge in [-0.15, -0.1) is 0 Å². The van der Waals surface area contributed by atoms with Crippen LogP contribution in [0.25, 0.3) is 33.0 Å². The van der Waals surface area contributed by atoms with E-state index in [9.17, 15) is 22.8 Å². The largest absolute Gasteiger partial charge is 0.453 e. The molecular formula is C39H39F3O8. The second kappa shape index (κ2) is 17.5. The third kappa shape index (κ3) is 10.4. The molecule has 0 aliphatic carbocycles. The lowest BCUT2D eigenvalue weighted by molar-refractivity contribution is -0.147. The van der Waals surface area contributed by atoms with Gasteiger partial charge in [0.2, 0.25) is 13.6 Å². The average molecular weight is 693 g/mol. The molecule has 50 heavy (non-hydrogen) atoms. The maximum absolute atomic E-state index is 12.5. The van der Waals surface area contributed by atoms with Crippen LogP contribution in [-0.4, -0.2) is 55.1 Å². The van der Waals surface area contributed by atoms with Crippen LogP contribution in [-0.2, 0) is 31.9 Å². The van der Waals surface area contributed by atoms with Gasteiger partial charge in [-0.05, 0) is 88.0 Å². The van der Waals surface area contributed by atoms with Crippen LogP contribution in [0.3, 0.4) is 0 Å². The number of fused-ring (bicyclic) bond motifs is 1. The molecule has 0 aliphatic heterocycles. The number of aryl methyl sites for hydroxylation is 2. The molecule has 11 heteroatoms. The number of unbranched alkanes of at least 4 members (excludes halogenated alkanes) is 1. The minimum Gasteiger partial charge on any atom is -0.453 e. The lowest BCUT2D eigenvalue weighted by Gasteiger charge is -2.16. The lowest BCUT2D eigenvalue weighted by atomic mass is 9.92. The van der Waals surface area contributed by atoms with Crippen molar-refractivity contribution in [2.24, 2.45) is 0 Å². The van der Waals surface area contributed by atoms with Crippen molar-refractivity contribution in [3.05, 3.63) is 108 Å². The van der Waals surface area contributed by atoms with Gasteiger partial charge >= 0.3 is 18.1 Å². The van der Waals surface area contributed by atoms with Crippen LogP contribution in [0.4, 0.5) is 13.2 Å². The molecule has 0 aliphatic rings. The molecule has 264 valence electrons. The summed E-state index contributed by atoms with van der Waals surface area (Å²) in [6, 6.07) is 23.3. The quantitative estimate of drug-likeness (QED) is 0.0498. The fourth-order valence-corrected chi connectivity index (χ4v) is 5.17. The number of carbonyl (C=O) groups excluding carboxylic acids is 2. The monoisotopic (exact) mass is 692 g/mol. The molecular weight excluding hydrogens is 653 g/mol. The van der Waals surface area contributed by atoms with E-state index >= 15 is 0 Å². The smallest absolute Gasteiger partial charge is 0.389 e. The molecule has 4 aromatic rings. The number of esters is 2. The molecule has 2 N–H and O–H groups in total. The molecule has 4 aromatic carbocycles. The number of hydrogen-bond acceptors (Lipinski definition) is 8. The van der Waals surface area contributed by atoms with Gasteiger partial charge in [-0.2, -0.15) is 13.2 Å². The first-order valence-corrected chi connectivity index (χ1v) is 16.0. The average Bonchev–Trinajstić information content (AvgIpc) is 3.12. The molecule has 0 saturated heterocycles. The summed E-state index contributed by atoms with van der Waals surface area (Å²) >= 11 is 0. The summed E-state index contributed by atoms with van der Waals surface area (Å²) in [7, 11) is 0. The molecule has 0 unspecified atom stereocenters. The first-order chi connectivity index (χ1) is 23.9.